The van der Waals surface area contributed by atoms with Gasteiger partial charge in [-0.05, 0) is 31.0 Å². The highest BCUT2D eigenvalue weighted by atomic mass is 16.5. The van der Waals surface area contributed by atoms with Gasteiger partial charge in [-0.1, -0.05) is 73.3 Å². The monoisotopic (exact) mass is 513 g/mol. The number of amides is 1. The Labute approximate surface area is 228 Å². The summed E-state index contributed by atoms with van der Waals surface area (Å²) in [5.74, 6) is -0.00412. The summed E-state index contributed by atoms with van der Waals surface area (Å²) in [7, 11) is 0. The zero-order valence-electron chi connectivity index (χ0n) is 22.1. The van der Waals surface area contributed by atoms with Gasteiger partial charge in [0.2, 0.25) is 0 Å². The SMILES string of the molecule is C=C1C2=C(C(=O)N1Cc1ccccc1)c1cn(c3ccccc13)CCO[C@@H](C)CCn1cc2c2ccccc21. The fourth-order valence-electron chi connectivity index (χ4n) is 6.14. The van der Waals surface area contributed by atoms with E-state index >= 15 is 0 Å². The maximum atomic E-state index is 14.4. The lowest BCUT2D eigenvalue weighted by molar-refractivity contribution is -0.122. The van der Waals surface area contributed by atoms with Crippen molar-refractivity contribution in [3.8, 4) is 0 Å². The first-order chi connectivity index (χ1) is 19.1. The van der Waals surface area contributed by atoms with Gasteiger partial charge in [-0.15, -0.1) is 0 Å². The minimum absolute atomic E-state index is 0.00412. The van der Waals surface area contributed by atoms with Crippen molar-refractivity contribution < 1.29 is 9.53 Å². The maximum Gasteiger partial charge on any atom is 0.259 e. The lowest BCUT2D eigenvalue weighted by Gasteiger charge is -2.19. The fourth-order valence-corrected chi connectivity index (χ4v) is 6.14. The van der Waals surface area contributed by atoms with Gasteiger partial charge in [-0.25, -0.2) is 0 Å². The van der Waals surface area contributed by atoms with Gasteiger partial charge >= 0.3 is 0 Å². The van der Waals surface area contributed by atoms with Gasteiger partial charge in [-0.3, -0.25) is 4.79 Å². The molecule has 0 N–H and O–H groups in total. The summed E-state index contributed by atoms with van der Waals surface area (Å²) in [5, 5.41) is 2.20. The Morgan fingerprint density at radius 3 is 2.08 bits per heavy atom. The van der Waals surface area contributed by atoms with Crippen LogP contribution in [0.3, 0.4) is 0 Å². The second-order valence-corrected chi connectivity index (χ2v) is 10.6. The van der Waals surface area contributed by atoms with Crippen LogP contribution in [0, 0.1) is 0 Å². The van der Waals surface area contributed by atoms with Gasteiger partial charge in [0.1, 0.15) is 0 Å². The number of para-hydroxylation sites is 2. The highest BCUT2D eigenvalue weighted by Crippen LogP contribution is 2.46. The highest BCUT2D eigenvalue weighted by molar-refractivity contribution is 6.36. The second-order valence-electron chi connectivity index (χ2n) is 10.6. The van der Waals surface area contributed by atoms with Crippen molar-refractivity contribution in [3.63, 3.8) is 0 Å². The molecule has 4 heterocycles. The number of nitrogens with zero attached hydrogens (tertiary/aromatic N) is 3. The number of carbonyl (C=O) groups excluding carboxylic acids is 1. The summed E-state index contributed by atoms with van der Waals surface area (Å²) in [5.41, 5.74) is 7.74. The van der Waals surface area contributed by atoms with Crippen molar-refractivity contribution in [2.45, 2.75) is 39.1 Å². The minimum atomic E-state index is -0.00412. The molecule has 0 saturated heterocycles. The number of fused-ring (bicyclic) bond motifs is 12. The Morgan fingerprint density at radius 2 is 1.38 bits per heavy atom. The Balaban J connectivity index is 1.50. The Bertz CT molecular complexity index is 1770. The summed E-state index contributed by atoms with van der Waals surface area (Å²) in [6, 6.07) is 27.0. The van der Waals surface area contributed by atoms with E-state index in [1.807, 2.05) is 29.2 Å². The number of hydrogen-bond donors (Lipinski definition) is 0. The molecule has 0 aliphatic carbocycles. The molecule has 5 heteroatoms. The molecule has 4 bridgehead atoms. The predicted octanol–water partition coefficient (Wildman–Crippen LogP) is 6.87. The molecule has 194 valence electrons. The molecular formula is C34H31N3O2. The first kappa shape index (κ1) is 23.7. The number of carbonyl (C=O) groups is 1. The summed E-state index contributed by atoms with van der Waals surface area (Å²) >= 11 is 0. The fraction of sp³-hybridized carbons (Fsp3) is 0.206. The molecule has 0 radical (unpaired) electrons. The van der Waals surface area contributed by atoms with Crippen LogP contribution >= 0.6 is 0 Å². The molecule has 0 saturated carbocycles. The Kier molecular flexibility index (Phi) is 5.75. The normalized spacial score (nSPS) is 18.2. The van der Waals surface area contributed by atoms with Crippen LogP contribution in [0.5, 0.6) is 0 Å². The molecule has 5 aromatic rings. The maximum absolute atomic E-state index is 14.4. The van der Waals surface area contributed by atoms with Crippen LogP contribution in [0.25, 0.3) is 33.0 Å². The quantitative estimate of drug-likeness (QED) is 0.258. The van der Waals surface area contributed by atoms with Crippen molar-refractivity contribution in [3.05, 3.63) is 120 Å². The van der Waals surface area contributed by atoms with Crippen molar-refractivity contribution in [2.75, 3.05) is 6.61 Å². The molecule has 39 heavy (non-hydrogen) atoms. The molecule has 3 aromatic carbocycles. The molecule has 7 rings (SSSR count). The molecule has 5 nitrogen and oxygen atoms in total. The molecular weight excluding hydrogens is 482 g/mol. The zero-order valence-corrected chi connectivity index (χ0v) is 22.1. The zero-order chi connectivity index (χ0) is 26.5. The van der Waals surface area contributed by atoms with E-state index in [0.29, 0.717) is 13.2 Å². The van der Waals surface area contributed by atoms with E-state index in [4.69, 9.17) is 4.74 Å². The first-order valence-corrected chi connectivity index (χ1v) is 13.7. The largest absolute Gasteiger partial charge is 0.377 e. The molecule has 2 aromatic heterocycles. The van der Waals surface area contributed by atoms with Gasteiger partial charge in [0.05, 0.1) is 24.8 Å². The van der Waals surface area contributed by atoms with Gasteiger partial charge in [-0.2, -0.15) is 0 Å². The van der Waals surface area contributed by atoms with E-state index in [1.54, 1.807) is 0 Å². The summed E-state index contributed by atoms with van der Waals surface area (Å²) in [6.45, 7) is 9.34. The smallest absolute Gasteiger partial charge is 0.259 e. The van der Waals surface area contributed by atoms with Crippen molar-refractivity contribution in [1.82, 2.24) is 14.0 Å². The standard InChI is InChI=1S/C34H31N3O2/c1-23-16-17-35-21-28(26-12-6-8-14-30(26)35)32-24(2)37(20-25-10-4-3-5-11-25)34(38)33(32)29-22-36(18-19-39-23)31-15-9-7-13-27(29)31/h3-15,21-23H,2,16-20H2,1H3/t23-/m0/s1. The van der Waals surface area contributed by atoms with Gasteiger partial charge in [0, 0.05) is 69.7 Å². The van der Waals surface area contributed by atoms with Crippen LogP contribution in [-0.4, -0.2) is 32.7 Å². The topological polar surface area (TPSA) is 39.4 Å². The van der Waals surface area contributed by atoms with Crippen molar-refractivity contribution in [2.24, 2.45) is 0 Å². The number of rotatable bonds is 2. The van der Waals surface area contributed by atoms with Gasteiger partial charge in [0.15, 0.2) is 0 Å². The van der Waals surface area contributed by atoms with Gasteiger partial charge in [0.25, 0.3) is 5.91 Å². The van der Waals surface area contributed by atoms with E-state index < -0.39 is 0 Å². The van der Waals surface area contributed by atoms with Crippen LogP contribution in [0.2, 0.25) is 0 Å². The number of benzene rings is 3. The lowest BCUT2D eigenvalue weighted by atomic mass is 9.95. The van der Waals surface area contributed by atoms with Gasteiger partial charge < -0.3 is 18.8 Å². The third-order valence-electron chi connectivity index (χ3n) is 8.13. The number of aryl methyl sites for hydroxylation is 1. The molecule has 2 aliphatic heterocycles. The minimum Gasteiger partial charge on any atom is -0.377 e. The van der Waals surface area contributed by atoms with Crippen LogP contribution in [0.4, 0.5) is 0 Å². The molecule has 0 fully saturated rings. The number of ether oxygens (including phenoxy) is 1. The van der Waals surface area contributed by atoms with E-state index in [9.17, 15) is 4.79 Å². The molecule has 1 atom stereocenters. The van der Waals surface area contributed by atoms with Crippen LogP contribution < -0.4 is 0 Å². The predicted molar refractivity (Wildman–Crippen MR) is 157 cm³/mol. The average molecular weight is 514 g/mol. The Morgan fingerprint density at radius 1 is 0.795 bits per heavy atom. The van der Waals surface area contributed by atoms with E-state index in [-0.39, 0.29) is 12.0 Å². The third kappa shape index (κ3) is 3.93. The summed E-state index contributed by atoms with van der Waals surface area (Å²) in [4.78, 5) is 16.3. The molecule has 0 spiro atoms. The molecule has 0 unspecified atom stereocenters. The van der Waals surface area contributed by atoms with E-state index in [1.165, 1.54) is 0 Å². The van der Waals surface area contributed by atoms with Crippen LogP contribution in [-0.2, 0) is 29.2 Å². The third-order valence-corrected chi connectivity index (χ3v) is 8.13. The Hall–Kier alpha value is -4.35. The highest BCUT2D eigenvalue weighted by Gasteiger charge is 2.38. The van der Waals surface area contributed by atoms with Crippen molar-refractivity contribution in [1.29, 1.82) is 0 Å². The first-order valence-electron chi connectivity index (χ1n) is 13.7. The van der Waals surface area contributed by atoms with Crippen LogP contribution in [0.1, 0.15) is 30.0 Å². The summed E-state index contributed by atoms with van der Waals surface area (Å²) in [6.07, 6.45) is 5.39. The summed E-state index contributed by atoms with van der Waals surface area (Å²) < 4.78 is 10.8. The lowest BCUT2D eigenvalue weighted by Crippen LogP contribution is -2.24. The second kappa shape index (κ2) is 9.44. The van der Waals surface area contributed by atoms with Crippen LogP contribution in [0.15, 0.2) is 104 Å². The number of aromatic nitrogens is 2. The number of hydrogen-bond acceptors (Lipinski definition) is 2. The van der Waals surface area contributed by atoms with E-state index in [2.05, 4.69) is 89.6 Å². The molecule has 2 aliphatic rings. The number of allylic oxidation sites excluding steroid dienone is 1. The van der Waals surface area contributed by atoms with Crippen molar-refractivity contribution >= 4 is 38.9 Å². The average Bonchev–Trinajstić information content (AvgIpc) is 3.58. The van der Waals surface area contributed by atoms with E-state index in [0.717, 1.165) is 74.8 Å². The molecule has 1 amide bonds.